The minimum Gasteiger partial charge on any atom is -0.327 e. The predicted octanol–water partition coefficient (Wildman–Crippen LogP) is 2.19. The lowest BCUT2D eigenvalue weighted by Gasteiger charge is -2.35. The molecule has 2 unspecified atom stereocenters. The van der Waals surface area contributed by atoms with Crippen LogP contribution in [0.2, 0.25) is 0 Å². The summed E-state index contributed by atoms with van der Waals surface area (Å²) >= 11 is 0. The molecule has 6 heteroatoms. The van der Waals surface area contributed by atoms with E-state index in [1.54, 1.807) is 12.1 Å². The summed E-state index contributed by atoms with van der Waals surface area (Å²) in [6, 6.07) is 7.09. The normalized spacial score (nSPS) is 23.7. The summed E-state index contributed by atoms with van der Waals surface area (Å²) in [5, 5.41) is 10.6. The van der Waals surface area contributed by atoms with E-state index < -0.39 is 0 Å². The van der Waals surface area contributed by atoms with Gasteiger partial charge in [-0.05, 0) is 24.4 Å². The minimum absolute atomic E-state index is 0. The molecule has 1 saturated heterocycles. The monoisotopic (exact) mass is 285 g/mol. The van der Waals surface area contributed by atoms with Gasteiger partial charge in [0, 0.05) is 31.3 Å². The molecule has 0 amide bonds. The number of non-ortho nitro benzene ring substituents is 1. The molecule has 1 aromatic carbocycles. The Bertz CT molecular complexity index is 424. The van der Waals surface area contributed by atoms with E-state index in [9.17, 15) is 10.1 Å². The third-order valence-corrected chi connectivity index (χ3v) is 3.61. The fourth-order valence-electron chi connectivity index (χ4n) is 2.37. The van der Waals surface area contributed by atoms with Crippen molar-refractivity contribution in [1.29, 1.82) is 0 Å². The number of hydrogen-bond donors (Lipinski definition) is 1. The maximum Gasteiger partial charge on any atom is 0.269 e. The summed E-state index contributed by atoms with van der Waals surface area (Å²) in [6.45, 7) is 5.02. The summed E-state index contributed by atoms with van der Waals surface area (Å²) in [5.74, 6) is 0.511. The van der Waals surface area contributed by atoms with Crippen LogP contribution in [0.25, 0.3) is 0 Å². The second-order valence-electron chi connectivity index (χ2n) is 5.09. The third-order valence-electron chi connectivity index (χ3n) is 3.61. The molecule has 0 radical (unpaired) electrons. The molecule has 1 aromatic rings. The first-order chi connectivity index (χ1) is 8.56. The number of nitrogens with zero attached hydrogens (tertiary/aromatic N) is 2. The second kappa shape index (κ2) is 6.84. The topological polar surface area (TPSA) is 72.4 Å². The van der Waals surface area contributed by atoms with Gasteiger partial charge in [0.2, 0.25) is 0 Å². The van der Waals surface area contributed by atoms with Gasteiger partial charge in [-0.2, -0.15) is 0 Å². The first-order valence-electron chi connectivity index (χ1n) is 6.27. The van der Waals surface area contributed by atoms with Gasteiger partial charge in [0.1, 0.15) is 0 Å². The molecule has 2 N–H and O–H groups in total. The van der Waals surface area contributed by atoms with Crippen molar-refractivity contribution in [1.82, 2.24) is 4.90 Å². The van der Waals surface area contributed by atoms with E-state index in [-0.39, 0.29) is 23.0 Å². The summed E-state index contributed by atoms with van der Waals surface area (Å²) in [6.07, 6.45) is 1.02. The summed E-state index contributed by atoms with van der Waals surface area (Å²) in [4.78, 5) is 12.5. The molecule has 1 aliphatic heterocycles. The van der Waals surface area contributed by atoms with Crippen molar-refractivity contribution >= 4 is 18.1 Å². The van der Waals surface area contributed by atoms with Gasteiger partial charge in [0.25, 0.3) is 5.69 Å². The van der Waals surface area contributed by atoms with E-state index in [4.69, 9.17) is 5.73 Å². The van der Waals surface area contributed by atoms with Crippen LogP contribution >= 0.6 is 12.4 Å². The maximum atomic E-state index is 10.6. The highest BCUT2D eigenvalue weighted by Gasteiger charge is 2.22. The van der Waals surface area contributed by atoms with E-state index >= 15 is 0 Å². The van der Waals surface area contributed by atoms with E-state index in [1.165, 1.54) is 0 Å². The van der Waals surface area contributed by atoms with Gasteiger partial charge in [-0.1, -0.05) is 19.1 Å². The number of hydrogen-bond acceptors (Lipinski definition) is 4. The zero-order chi connectivity index (χ0) is 13.1. The number of rotatable bonds is 3. The van der Waals surface area contributed by atoms with Gasteiger partial charge in [-0.25, -0.2) is 0 Å². The fraction of sp³-hybridized carbons (Fsp3) is 0.538. The molecule has 0 spiro atoms. The van der Waals surface area contributed by atoms with Crippen molar-refractivity contribution < 1.29 is 4.92 Å². The molecular weight excluding hydrogens is 266 g/mol. The lowest BCUT2D eigenvalue weighted by atomic mass is 9.94. The zero-order valence-electron chi connectivity index (χ0n) is 11.0. The molecular formula is C13H20ClN3O2. The molecule has 1 aliphatic rings. The van der Waals surface area contributed by atoms with Crippen molar-refractivity contribution in [3.8, 4) is 0 Å². The number of nitrogens with two attached hydrogens (primary N) is 1. The van der Waals surface area contributed by atoms with Gasteiger partial charge in [0.15, 0.2) is 0 Å². The van der Waals surface area contributed by atoms with Crippen LogP contribution in [0.5, 0.6) is 0 Å². The van der Waals surface area contributed by atoms with E-state index in [0.29, 0.717) is 12.0 Å². The first-order valence-corrected chi connectivity index (χ1v) is 6.27. The van der Waals surface area contributed by atoms with Crippen molar-refractivity contribution in [2.24, 2.45) is 11.7 Å². The molecule has 0 aliphatic carbocycles. The second-order valence-corrected chi connectivity index (χ2v) is 5.09. The van der Waals surface area contributed by atoms with Crippen LogP contribution in [0, 0.1) is 16.0 Å². The Morgan fingerprint density at radius 2 is 2.05 bits per heavy atom. The summed E-state index contributed by atoms with van der Waals surface area (Å²) < 4.78 is 0. The lowest BCUT2D eigenvalue weighted by Crippen LogP contribution is -2.45. The average molecular weight is 286 g/mol. The molecule has 0 bridgehead atoms. The van der Waals surface area contributed by atoms with E-state index in [0.717, 1.165) is 31.6 Å². The van der Waals surface area contributed by atoms with Crippen molar-refractivity contribution in [3.63, 3.8) is 0 Å². The summed E-state index contributed by atoms with van der Waals surface area (Å²) in [5.41, 5.74) is 7.25. The van der Waals surface area contributed by atoms with Gasteiger partial charge in [-0.3, -0.25) is 15.0 Å². The average Bonchev–Trinajstić information content (AvgIpc) is 2.34. The molecule has 5 nitrogen and oxygen atoms in total. The Morgan fingerprint density at radius 1 is 1.42 bits per heavy atom. The van der Waals surface area contributed by atoms with Gasteiger partial charge < -0.3 is 5.73 Å². The molecule has 19 heavy (non-hydrogen) atoms. The van der Waals surface area contributed by atoms with Crippen LogP contribution in [0.15, 0.2) is 24.3 Å². The van der Waals surface area contributed by atoms with Gasteiger partial charge >= 0.3 is 0 Å². The standard InChI is InChI=1S/C13H19N3O2.ClH/c1-10-8-15(7-6-13(10)14)9-11-2-4-12(5-3-11)16(17)18;/h2-5,10,13H,6-9,14H2,1H3;1H. The molecule has 1 fully saturated rings. The highest BCUT2D eigenvalue weighted by Crippen LogP contribution is 2.18. The Labute approximate surface area is 119 Å². The highest BCUT2D eigenvalue weighted by atomic mass is 35.5. The maximum absolute atomic E-state index is 10.6. The van der Waals surface area contributed by atoms with Crippen molar-refractivity contribution in [2.45, 2.75) is 25.9 Å². The zero-order valence-corrected chi connectivity index (χ0v) is 11.8. The van der Waals surface area contributed by atoms with Crippen molar-refractivity contribution in [3.05, 3.63) is 39.9 Å². The molecule has 0 saturated carbocycles. The van der Waals surface area contributed by atoms with Crippen LogP contribution in [-0.2, 0) is 6.54 Å². The Hall–Kier alpha value is -1.17. The number of nitro benzene ring substituents is 1. The minimum atomic E-state index is -0.369. The predicted molar refractivity (Wildman–Crippen MR) is 77.4 cm³/mol. The van der Waals surface area contributed by atoms with Crippen LogP contribution in [-0.4, -0.2) is 29.0 Å². The smallest absolute Gasteiger partial charge is 0.269 e. The Kier molecular flexibility index (Phi) is 5.72. The number of halogens is 1. The molecule has 2 rings (SSSR count). The lowest BCUT2D eigenvalue weighted by molar-refractivity contribution is -0.384. The molecule has 2 atom stereocenters. The molecule has 1 heterocycles. The van der Waals surface area contributed by atoms with E-state index in [2.05, 4.69) is 11.8 Å². The number of nitro groups is 1. The van der Waals surface area contributed by atoms with Gasteiger partial charge in [-0.15, -0.1) is 12.4 Å². The quantitative estimate of drug-likeness (QED) is 0.682. The Balaban J connectivity index is 0.00000180. The number of benzene rings is 1. The van der Waals surface area contributed by atoms with Crippen LogP contribution in [0.4, 0.5) is 5.69 Å². The first kappa shape index (κ1) is 15.9. The number of piperidine rings is 1. The van der Waals surface area contributed by atoms with E-state index in [1.807, 2.05) is 12.1 Å². The summed E-state index contributed by atoms with van der Waals surface area (Å²) in [7, 11) is 0. The highest BCUT2D eigenvalue weighted by molar-refractivity contribution is 5.85. The number of likely N-dealkylation sites (tertiary alicyclic amines) is 1. The Morgan fingerprint density at radius 3 is 2.58 bits per heavy atom. The van der Waals surface area contributed by atoms with Crippen LogP contribution in [0.1, 0.15) is 18.9 Å². The third kappa shape index (κ3) is 4.16. The van der Waals surface area contributed by atoms with Crippen molar-refractivity contribution in [2.75, 3.05) is 13.1 Å². The largest absolute Gasteiger partial charge is 0.327 e. The SMILES string of the molecule is CC1CN(Cc2ccc([N+](=O)[O-])cc2)CCC1N.Cl. The van der Waals surface area contributed by atoms with Crippen LogP contribution in [0.3, 0.4) is 0 Å². The molecule has 0 aromatic heterocycles. The molecule has 106 valence electrons. The van der Waals surface area contributed by atoms with Gasteiger partial charge in [0.05, 0.1) is 4.92 Å². The fourth-order valence-corrected chi connectivity index (χ4v) is 2.37. The van der Waals surface area contributed by atoms with Crippen LogP contribution < -0.4 is 5.73 Å².